The summed E-state index contributed by atoms with van der Waals surface area (Å²) in [5.74, 6) is -2.06. The Morgan fingerprint density at radius 3 is 2.40 bits per heavy atom. The molecule has 0 aromatic carbocycles. The molecule has 10 heteroatoms. The van der Waals surface area contributed by atoms with E-state index in [2.05, 4.69) is 5.32 Å². The molecule has 20 heavy (non-hydrogen) atoms. The average molecular weight is 307 g/mol. The molecule has 4 N–H and O–H groups in total. The van der Waals surface area contributed by atoms with E-state index in [1.165, 1.54) is 0 Å². The lowest BCUT2D eigenvalue weighted by atomic mass is 10.2. The summed E-state index contributed by atoms with van der Waals surface area (Å²) in [6.45, 7) is -1.34. The fourth-order valence-corrected chi connectivity index (χ4v) is 3.72. The number of carbonyl (C=O) groups is 3. The maximum atomic E-state index is 11.7. The third-order valence-corrected chi connectivity index (χ3v) is 5.18. The second kappa shape index (κ2) is 6.55. The SMILES string of the molecule is NC(=O)CN(CC(=O)O)C(=O)NCC1CCCS1(=O)=O. The van der Waals surface area contributed by atoms with Gasteiger partial charge in [0.2, 0.25) is 5.91 Å². The highest BCUT2D eigenvalue weighted by Crippen LogP contribution is 2.19. The molecule has 0 bridgehead atoms. The first-order valence-corrected chi connectivity index (χ1v) is 7.68. The van der Waals surface area contributed by atoms with Crippen molar-refractivity contribution in [1.29, 1.82) is 0 Å². The predicted octanol–water partition coefficient (Wildman–Crippen LogP) is -1.85. The highest BCUT2D eigenvalue weighted by molar-refractivity contribution is 7.92. The number of hydrogen-bond donors (Lipinski definition) is 3. The van der Waals surface area contributed by atoms with Crippen LogP contribution < -0.4 is 11.1 Å². The van der Waals surface area contributed by atoms with Gasteiger partial charge in [-0.05, 0) is 12.8 Å². The lowest BCUT2D eigenvalue weighted by Crippen LogP contribution is -2.48. The van der Waals surface area contributed by atoms with Crippen molar-refractivity contribution < 1.29 is 27.9 Å². The fourth-order valence-electron chi connectivity index (χ4n) is 1.95. The van der Waals surface area contributed by atoms with Crippen LogP contribution in [0.4, 0.5) is 4.79 Å². The normalized spacial score (nSPS) is 20.3. The molecule has 1 saturated heterocycles. The number of nitrogens with zero attached hydrogens (tertiary/aromatic N) is 1. The van der Waals surface area contributed by atoms with Crippen LogP contribution in [0.2, 0.25) is 0 Å². The Morgan fingerprint density at radius 1 is 1.30 bits per heavy atom. The van der Waals surface area contributed by atoms with Crippen molar-refractivity contribution in [3.63, 3.8) is 0 Å². The molecule has 0 saturated carbocycles. The van der Waals surface area contributed by atoms with Gasteiger partial charge in [-0.3, -0.25) is 9.59 Å². The average Bonchev–Trinajstić information content (AvgIpc) is 2.63. The van der Waals surface area contributed by atoms with E-state index < -0.39 is 46.1 Å². The monoisotopic (exact) mass is 307 g/mol. The molecule has 0 aromatic heterocycles. The van der Waals surface area contributed by atoms with Crippen molar-refractivity contribution in [3.8, 4) is 0 Å². The summed E-state index contributed by atoms with van der Waals surface area (Å²) in [5, 5.41) is 10.3. The van der Waals surface area contributed by atoms with Crippen LogP contribution in [0, 0.1) is 0 Å². The molecular weight excluding hydrogens is 290 g/mol. The van der Waals surface area contributed by atoms with Crippen molar-refractivity contribution in [2.24, 2.45) is 5.73 Å². The molecule has 0 aliphatic carbocycles. The lowest BCUT2D eigenvalue weighted by molar-refractivity contribution is -0.137. The number of urea groups is 1. The Kier molecular flexibility index (Phi) is 5.31. The predicted molar refractivity (Wildman–Crippen MR) is 68.6 cm³/mol. The van der Waals surface area contributed by atoms with Crippen LogP contribution >= 0.6 is 0 Å². The number of amides is 3. The van der Waals surface area contributed by atoms with Gasteiger partial charge in [0.15, 0.2) is 9.84 Å². The molecule has 0 aromatic rings. The highest BCUT2D eigenvalue weighted by Gasteiger charge is 2.32. The Bertz CT molecular complexity index is 487. The molecule has 1 heterocycles. The summed E-state index contributed by atoms with van der Waals surface area (Å²) >= 11 is 0. The van der Waals surface area contributed by atoms with E-state index in [1.54, 1.807) is 0 Å². The van der Waals surface area contributed by atoms with Crippen LogP contribution in [0.5, 0.6) is 0 Å². The molecular formula is C10H17N3O6S. The smallest absolute Gasteiger partial charge is 0.323 e. The van der Waals surface area contributed by atoms with Gasteiger partial charge in [0.25, 0.3) is 0 Å². The zero-order chi connectivity index (χ0) is 15.3. The molecule has 1 fully saturated rings. The van der Waals surface area contributed by atoms with Crippen LogP contribution in [-0.4, -0.2) is 67.0 Å². The first-order chi connectivity index (χ1) is 9.22. The summed E-state index contributed by atoms with van der Waals surface area (Å²) in [4.78, 5) is 33.8. The zero-order valence-corrected chi connectivity index (χ0v) is 11.6. The van der Waals surface area contributed by atoms with Crippen LogP contribution in [0.25, 0.3) is 0 Å². The Labute approximate surface area is 116 Å². The van der Waals surface area contributed by atoms with Gasteiger partial charge >= 0.3 is 12.0 Å². The second-order valence-electron chi connectivity index (χ2n) is 4.53. The van der Waals surface area contributed by atoms with Gasteiger partial charge in [0, 0.05) is 6.54 Å². The summed E-state index contributed by atoms with van der Waals surface area (Å²) < 4.78 is 23.1. The molecule has 3 amide bonds. The number of aliphatic carboxylic acids is 1. The highest BCUT2D eigenvalue weighted by atomic mass is 32.2. The van der Waals surface area contributed by atoms with Gasteiger partial charge in [-0.2, -0.15) is 0 Å². The Hall–Kier alpha value is -1.84. The molecule has 1 atom stereocenters. The van der Waals surface area contributed by atoms with Gasteiger partial charge in [-0.15, -0.1) is 0 Å². The molecule has 0 radical (unpaired) electrons. The second-order valence-corrected chi connectivity index (χ2v) is 6.93. The van der Waals surface area contributed by atoms with Crippen molar-refractivity contribution in [2.75, 3.05) is 25.4 Å². The lowest BCUT2D eigenvalue weighted by Gasteiger charge is -2.20. The maximum absolute atomic E-state index is 11.7. The van der Waals surface area contributed by atoms with Gasteiger partial charge in [0.1, 0.15) is 13.1 Å². The summed E-state index contributed by atoms with van der Waals surface area (Å²) in [6.07, 6.45) is 1.00. The van der Waals surface area contributed by atoms with Crippen LogP contribution in [0.1, 0.15) is 12.8 Å². The number of rotatable bonds is 6. The minimum Gasteiger partial charge on any atom is -0.480 e. The number of carboxylic acid groups (broad SMARTS) is 1. The Balaban J connectivity index is 2.57. The van der Waals surface area contributed by atoms with Crippen molar-refractivity contribution in [1.82, 2.24) is 10.2 Å². The number of carbonyl (C=O) groups excluding carboxylic acids is 2. The Morgan fingerprint density at radius 2 is 1.95 bits per heavy atom. The third-order valence-electron chi connectivity index (χ3n) is 2.90. The van der Waals surface area contributed by atoms with E-state index in [0.717, 1.165) is 0 Å². The van der Waals surface area contributed by atoms with Crippen molar-refractivity contribution in [3.05, 3.63) is 0 Å². The standard InChI is InChI=1S/C10H17N3O6S/c11-8(14)5-13(6-9(15)16)10(17)12-4-7-2-1-3-20(7,18)19/h7H,1-6H2,(H2,11,14)(H,12,17)(H,15,16). The summed E-state index contributed by atoms with van der Waals surface area (Å²) in [6, 6.07) is -0.826. The van der Waals surface area contributed by atoms with Gasteiger partial charge in [-0.1, -0.05) is 0 Å². The minimum atomic E-state index is -3.20. The van der Waals surface area contributed by atoms with E-state index in [-0.39, 0.29) is 12.3 Å². The van der Waals surface area contributed by atoms with Crippen molar-refractivity contribution >= 4 is 27.7 Å². The summed E-state index contributed by atoms with van der Waals surface area (Å²) in [5.41, 5.74) is 4.92. The molecule has 1 aliphatic heterocycles. The molecule has 1 unspecified atom stereocenters. The van der Waals surface area contributed by atoms with Gasteiger partial charge in [0.05, 0.1) is 11.0 Å². The molecule has 1 rings (SSSR count). The van der Waals surface area contributed by atoms with E-state index in [0.29, 0.717) is 17.7 Å². The molecule has 1 aliphatic rings. The quantitative estimate of drug-likeness (QED) is 0.524. The number of nitrogens with one attached hydrogen (secondary N) is 1. The third kappa shape index (κ3) is 4.68. The number of sulfone groups is 1. The number of hydrogen-bond acceptors (Lipinski definition) is 5. The van der Waals surface area contributed by atoms with Crippen molar-refractivity contribution in [2.45, 2.75) is 18.1 Å². The number of primary amides is 1. The first kappa shape index (κ1) is 16.2. The minimum absolute atomic E-state index is 0.0909. The topological polar surface area (TPSA) is 147 Å². The van der Waals surface area contributed by atoms with Gasteiger partial charge < -0.3 is 21.1 Å². The van der Waals surface area contributed by atoms with E-state index in [1.807, 2.05) is 0 Å². The van der Waals surface area contributed by atoms with Crippen LogP contribution in [0.3, 0.4) is 0 Å². The summed E-state index contributed by atoms with van der Waals surface area (Å²) in [7, 11) is -3.20. The largest absolute Gasteiger partial charge is 0.480 e. The molecule has 0 spiro atoms. The van der Waals surface area contributed by atoms with E-state index in [4.69, 9.17) is 10.8 Å². The number of nitrogens with two attached hydrogens (primary N) is 1. The number of carboxylic acids is 1. The zero-order valence-electron chi connectivity index (χ0n) is 10.7. The van der Waals surface area contributed by atoms with Gasteiger partial charge in [-0.25, -0.2) is 13.2 Å². The van der Waals surface area contributed by atoms with Crippen LogP contribution in [-0.2, 0) is 19.4 Å². The van der Waals surface area contributed by atoms with E-state index >= 15 is 0 Å². The molecule has 9 nitrogen and oxygen atoms in total. The van der Waals surface area contributed by atoms with Crippen LogP contribution in [0.15, 0.2) is 0 Å². The first-order valence-electron chi connectivity index (χ1n) is 5.97. The molecule has 114 valence electrons. The fraction of sp³-hybridized carbons (Fsp3) is 0.700. The maximum Gasteiger partial charge on any atom is 0.323 e. The van der Waals surface area contributed by atoms with E-state index in [9.17, 15) is 22.8 Å².